The number of aromatic nitrogens is 1. The van der Waals surface area contributed by atoms with E-state index < -0.39 is 5.97 Å². The number of carboxylic acids is 1. The molecule has 96 valence electrons. The molecule has 2 rings (SSSR count). The largest absolute Gasteiger partial charge is 0.488 e. The number of ether oxygens (including phenoxy) is 1. The van der Waals surface area contributed by atoms with Crippen LogP contribution >= 0.6 is 0 Å². The third-order valence-electron chi connectivity index (χ3n) is 2.53. The van der Waals surface area contributed by atoms with Gasteiger partial charge in [-0.05, 0) is 18.9 Å². The fourth-order valence-electron chi connectivity index (χ4n) is 1.39. The molecule has 0 aliphatic heterocycles. The number of rotatable bonds is 4. The van der Waals surface area contributed by atoms with Gasteiger partial charge in [0.15, 0.2) is 11.4 Å². The van der Waals surface area contributed by atoms with E-state index in [2.05, 4.69) is 4.98 Å². The molecule has 0 spiro atoms. The average Bonchev–Trinajstić information content (AvgIpc) is 3.11. The molecule has 18 heavy (non-hydrogen) atoms. The summed E-state index contributed by atoms with van der Waals surface area (Å²) in [4.78, 5) is 28.0. The summed E-state index contributed by atoms with van der Waals surface area (Å²) in [5.41, 5.74) is 0.165. The molecule has 6 heteroatoms. The van der Waals surface area contributed by atoms with Gasteiger partial charge in [0.2, 0.25) is 0 Å². The summed E-state index contributed by atoms with van der Waals surface area (Å²) in [6.07, 6.45) is 3.09. The molecule has 0 aromatic carbocycles. The molecule has 0 unspecified atom stereocenters. The standard InChI is InChI=1S/C12H14N2O4/c1-14(2)11(15)10-9(18-8-3-4-8)5-7(6-13-10)12(16)17/h5-6,8H,3-4H2,1-2H3,(H,16,17). The Hall–Kier alpha value is -2.11. The zero-order valence-corrected chi connectivity index (χ0v) is 10.2. The smallest absolute Gasteiger partial charge is 0.337 e. The molecule has 1 saturated carbocycles. The first-order chi connectivity index (χ1) is 8.49. The summed E-state index contributed by atoms with van der Waals surface area (Å²) in [5.74, 6) is -1.15. The van der Waals surface area contributed by atoms with Gasteiger partial charge in [-0.25, -0.2) is 9.78 Å². The van der Waals surface area contributed by atoms with E-state index in [0.717, 1.165) is 12.8 Å². The SMILES string of the molecule is CN(C)C(=O)c1ncc(C(=O)O)cc1OC1CC1. The van der Waals surface area contributed by atoms with Gasteiger partial charge in [0.05, 0.1) is 11.7 Å². The maximum absolute atomic E-state index is 11.9. The lowest BCUT2D eigenvalue weighted by molar-refractivity contribution is 0.0693. The lowest BCUT2D eigenvalue weighted by Crippen LogP contribution is -2.24. The molecule has 1 aliphatic carbocycles. The number of carbonyl (C=O) groups excluding carboxylic acids is 1. The minimum atomic E-state index is -1.09. The van der Waals surface area contributed by atoms with Gasteiger partial charge >= 0.3 is 5.97 Å². The summed E-state index contributed by atoms with van der Waals surface area (Å²) in [6.45, 7) is 0. The second-order valence-electron chi connectivity index (χ2n) is 4.39. The van der Waals surface area contributed by atoms with Crippen LogP contribution in [0.5, 0.6) is 5.75 Å². The van der Waals surface area contributed by atoms with Gasteiger partial charge in [-0.1, -0.05) is 0 Å². The topological polar surface area (TPSA) is 79.7 Å². The summed E-state index contributed by atoms with van der Waals surface area (Å²) in [7, 11) is 3.21. The highest BCUT2D eigenvalue weighted by atomic mass is 16.5. The van der Waals surface area contributed by atoms with Crippen LogP contribution in [0.1, 0.15) is 33.7 Å². The van der Waals surface area contributed by atoms with Crippen LogP contribution in [0.3, 0.4) is 0 Å². The number of pyridine rings is 1. The fourth-order valence-corrected chi connectivity index (χ4v) is 1.39. The van der Waals surface area contributed by atoms with Crippen molar-refractivity contribution in [3.05, 3.63) is 23.5 Å². The molecule has 0 bridgehead atoms. The molecule has 0 atom stereocenters. The Morgan fingerprint density at radius 3 is 2.61 bits per heavy atom. The Balaban J connectivity index is 2.37. The number of aromatic carboxylic acids is 1. The Morgan fingerprint density at radius 2 is 2.11 bits per heavy atom. The van der Waals surface area contributed by atoms with Crippen molar-refractivity contribution >= 4 is 11.9 Å². The van der Waals surface area contributed by atoms with Gasteiger partial charge in [0.25, 0.3) is 5.91 Å². The van der Waals surface area contributed by atoms with E-state index in [-0.39, 0.29) is 29.0 Å². The van der Waals surface area contributed by atoms with E-state index in [1.807, 2.05) is 0 Å². The van der Waals surface area contributed by atoms with E-state index in [1.165, 1.54) is 17.2 Å². The first kappa shape index (κ1) is 12.3. The summed E-state index contributed by atoms with van der Waals surface area (Å²) >= 11 is 0. The number of hydrogen-bond acceptors (Lipinski definition) is 4. The van der Waals surface area contributed by atoms with Crippen molar-refractivity contribution in [1.82, 2.24) is 9.88 Å². The second-order valence-corrected chi connectivity index (χ2v) is 4.39. The molecule has 1 fully saturated rings. The van der Waals surface area contributed by atoms with Gasteiger partial charge in [0.1, 0.15) is 0 Å². The molecular formula is C12H14N2O4. The van der Waals surface area contributed by atoms with Crippen molar-refractivity contribution in [2.45, 2.75) is 18.9 Å². The zero-order valence-electron chi connectivity index (χ0n) is 10.2. The molecule has 1 aromatic heterocycles. The number of hydrogen-bond donors (Lipinski definition) is 1. The van der Waals surface area contributed by atoms with Gasteiger partial charge in [-0.15, -0.1) is 0 Å². The van der Waals surface area contributed by atoms with Crippen molar-refractivity contribution in [3.63, 3.8) is 0 Å². The number of nitrogens with zero attached hydrogens (tertiary/aromatic N) is 2. The highest BCUT2D eigenvalue weighted by molar-refractivity contribution is 5.96. The number of carboxylic acid groups (broad SMARTS) is 1. The van der Waals surface area contributed by atoms with Crippen molar-refractivity contribution < 1.29 is 19.4 Å². The molecule has 1 heterocycles. The van der Waals surface area contributed by atoms with Crippen LogP contribution in [0, 0.1) is 0 Å². The second kappa shape index (κ2) is 4.64. The molecule has 0 saturated heterocycles. The Bertz CT molecular complexity index is 495. The van der Waals surface area contributed by atoms with Crippen LogP contribution in [0.4, 0.5) is 0 Å². The van der Waals surface area contributed by atoms with Crippen LogP contribution < -0.4 is 4.74 Å². The summed E-state index contributed by atoms with van der Waals surface area (Å²) in [6, 6.07) is 1.35. The predicted octanol–water partition coefficient (Wildman–Crippen LogP) is 1.02. The third kappa shape index (κ3) is 2.58. The molecular weight excluding hydrogens is 236 g/mol. The fraction of sp³-hybridized carbons (Fsp3) is 0.417. The van der Waals surface area contributed by atoms with E-state index in [4.69, 9.17) is 9.84 Å². The Kier molecular flexibility index (Phi) is 3.18. The first-order valence-electron chi connectivity index (χ1n) is 5.60. The van der Waals surface area contributed by atoms with Crippen molar-refractivity contribution in [1.29, 1.82) is 0 Å². The molecule has 6 nitrogen and oxygen atoms in total. The Morgan fingerprint density at radius 1 is 1.44 bits per heavy atom. The maximum atomic E-state index is 11.9. The minimum absolute atomic E-state index is 0.0148. The molecule has 1 aromatic rings. The van der Waals surface area contributed by atoms with Crippen LogP contribution in [-0.2, 0) is 0 Å². The van der Waals surface area contributed by atoms with Gasteiger partial charge in [-0.3, -0.25) is 4.79 Å². The van der Waals surface area contributed by atoms with E-state index in [0.29, 0.717) is 0 Å². The van der Waals surface area contributed by atoms with Gasteiger partial charge in [0, 0.05) is 20.3 Å². The summed E-state index contributed by atoms with van der Waals surface area (Å²) < 4.78 is 5.55. The number of carbonyl (C=O) groups is 2. The van der Waals surface area contributed by atoms with E-state index in [9.17, 15) is 9.59 Å². The van der Waals surface area contributed by atoms with Crippen molar-refractivity contribution in [2.75, 3.05) is 14.1 Å². The van der Waals surface area contributed by atoms with Crippen molar-refractivity contribution in [2.24, 2.45) is 0 Å². The third-order valence-corrected chi connectivity index (χ3v) is 2.53. The molecule has 1 aliphatic rings. The summed E-state index contributed by atoms with van der Waals surface area (Å²) in [5, 5.41) is 8.91. The molecule has 1 amide bonds. The quantitative estimate of drug-likeness (QED) is 0.863. The predicted molar refractivity (Wildman–Crippen MR) is 62.9 cm³/mol. The van der Waals surface area contributed by atoms with E-state index in [1.54, 1.807) is 14.1 Å². The van der Waals surface area contributed by atoms with E-state index >= 15 is 0 Å². The van der Waals surface area contributed by atoms with Crippen LogP contribution in [0.25, 0.3) is 0 Å². The molecule has 0 radical (unpaired) electrons. The van der Waals surface area contributed by atoms with Crippen LogP contribution in [0.15, 0.2) is 12.3 Å². The lowest BCUT2D eigenvalue weighted by atomic mass is 10.2. The van der Waals surface area contributed by atoms with Crippen LogP contribution in [0.2, 0.25) is 0 Å². The van der Waals surface area contributed by atoms with Crippen molar-refractivity contribution in [3.8, 4) is 5.75 Å². The maximum Gasteiger partial charge on any atom is 0.337 e. The highest BCUT2D eigenvalue weighted by Crippen LogP contribution is 2.29. The first-order valence-corrected chi connectivity index (χ1v) is 5.60. The normalized spacial score (nSPS) is 14.1. The van der Waals surface area contributed by atoms with Gasteiger partial charge < -0.3 is 14.7 Å². The minimum Gasteiger partial charge on any atom is -0.488 e. The Labute approximate surface area is 104 Å². The highest BCUT2D eigenvalue weighted by Gasteiger charge is 2.27. The lowest BCUT2D eigenvalue weighted by Gasteiger charge is -2.14. The zero-order chi connectivity index (χ0) is 13.3. The van der Waals surface area contributed by atoms with Gasteiger partial charge in [-0.2, -0.15) is 0 Å². The average molecular weight is 250 g/mol. The molecule has 1 N–H and O–H groups in total. The van der Waals surface area contributed by atoms with Crippen LogP contribution in [-0.4, -0.2) is 47.1 Å². The monoisotopic (exact) mass is 250 g/mol. The number of amides is 1.